The van der Waals surface area contributed by atoms with E-state index in [1.54, 1.807) is 18.2 Å². The van der Waals surface area contributed by atoms with Crippen molar-refractivity contribution in [3.63, 3.8) is 0 Å². The fraction of sp³-hybridized carbons (Fsp3) is 0.438. The van der Waals surface area contributed by atoms with Crippen LogP contribution in [-0.4, -0.2) is 38.9 Å². The predicted molar refractivity (Wildman–Crippen MR) is 88.6 cm³/mol. The highest BCUT2D eigenvalue weighted by Crippen LogP contribution is 2.32. The smallest absolute Gasteiger partial charge is 0.493 e. The largest absolute Gasteiger partial charge is 0.527 e. The molecule has 0 spiro atoms. The van der Waals surface area contributed by atoms with Crippen molar-refractivity contribution in [1.29, 1.82) is 5.39 Å². The molecule has 0 fully saturated rings. The minimum atomic E-state index is -0.760. The molecule has 0 aromatic heterocycles. The molecule has 0 atom stereocenters. The van der Waals surface area contributed by atoms with Gasteiger partial charge in [-0.25, -0.2) is 0 Å². The Morgan fingerprint density at radius 2 is 1.92 bits per heavy atom. The number of hydrogen-bond donors (Lipinski definition) is 1. The van der Waals surface area contributed by atoms with Gasteiger partial charge in [0.25, 0.3) is 0 Å². The summed E-state index contributed by atoms with van der Waals surface area (Å²) in [5, 5.41) is 18.6. The first kappa shape index (κ1) is 19.1. The average Bonchev–Trinajstić information content (AvgIpc) is 2.62. The summed E-state index contributed by atoms with van der Waals surface area (Å²) in [6, 6.07) is 4.97. The zero-order valence-corrected chi connectivity index (χ0v) is 14.3. The number of nitrogens with zero attached hydrogens (tertiary/aromatic N) is 3. The molecular weight excluding hydrogens is 314 g/mol. The molecular formula is C16H22N3O5+. The summed E-state index contributed by atoms with van der Waals surface area (Å²) in [4.78, 5) is 16.9. The lowest BCUT2D eigenvalue weighted by Gasteiger charge is -2.21. The third-order valence-corrected chi connectivity index (χ3v) is 3.36. The Balaban J connectivity index is 3.32. The summed E-state index contributed by atoms with van der Waals surface area (Å²) in [6.07, 6.45) is 1.56. The standard InChI is InChI=1S/C16H21N3O5/c1-5-6-9-19(15(20)14(18-17)16(21)24-4)11-7-8-12(22-2)13(10-11)23-3/h7-8,10H,5-6,9H2,1-4H3/p+1. The maximum absolute atomic E-state index is 12.6. The number of ether oxygens (including phenoxy) is 3. The minimum absolute atomic E-state index is 0.362. The Bertz CT molecular complexity index is 652. The monoisotopic (exact) mass is 336 g/mol. The van der Waals surface area contributed by atoms with Crippen molar-refractivity contribution >= 4 is 11.6 Å². The van der Waals surface area contributed by atoms with Gasteiger partial charge in [0.05, 0.1) is 21.3 Å². The van der Waals surface area contributed by atoms with Crippen molar-refractivity contribution < 1.29 is 24.1 Å². The van der Waals surface area contributed by atoms with E-state index in [0.717, 1.165) is 6.42 Å². The molecule has 0 saturated heterocycles. The van der Waals surface area contributed by atoms with E-state index in [0.29, 0.717) is 30.2 Å². The Kier molecular flexibility index (Phi) is 7.36. The Hall–Kier alpha value is -2.95. The van der Waals surface area contributed by atoms with Gasteiger partial charge in [-0.15, -0.1) is 0 Å². The highest BCUT2D eigenvalue weighted by atomic mass is 16.6. The molecule has 0 bridgehead atoms. The summed E-state index contributed by atoms with van der Waals surface area (Å²) in [7, 11) is 4.17. The minimum Gasteiger partial charge on any atom is -0.493 e. The average molecular weight is 336 g/mol. The second-order valence-corrected chi connectivity index (χ2v) is 4.81. The fourth-order valence-electron chi connectivity index (χ4n) is 2.06. The lowest BCUT2D eigenvalue weighted by molar-refractivity contribution is -0.115. The van der Waals surface area contributed by atoms with E-state index < -0.39 is 17.5 Å². The molecule has 0 unspecified atom stereocenters. The van der Waals surface area contributed by atoms with E-state index in [2.05, 4.69) is 9.71 Å². The number of methoxy groups -OCH3 is 3. The molecule has 1 aromatic rings. The zero-order chi connectivity index (χ0) is 18.1. The van der Waals surface area contributed by atoms with Gasteiger partial charge in [0.15, 0.2) is 16.5 Å². The fourth-order valence-corrected chi connectivity index (χ4v) is 2.06. The van der Waals surface area contributed by atoms with E-state index in [9.17, 15) is 9.90 Å². The van der Waals surface area contributed by atoms with Gasteiger partial charge in [-0.3, -0.25) is 4.79 Å². The highest BCUT2D eigenvalue weighted by Gasteiger charge is 2.36. The van der Waals surface area contributed by atoms with Crippen LogP contribution in [0.4, 0.5) is 5.69 Å². The first-order chi connectivity index (χ1) is 11.5. The number of hydrogen-bond acceptors (Lipinski definition) is 6. The Morgan fingerprint density at radius 1 is 1.25 bits per heavy atom. The van der Waals surface area contributed by atoms with Crippen LogP contribution >= 0.6 is 0 Å². The summed E-state index contributed by atoms with van der Waals surface area (Å²) < 4.78 is 15.0. The molecule has 0 saturated carbocycles. The van der Waals surface area contributed by atoms with Crippen LogP contribution in [0.3, 0.4) is 0 Å². The number of diazo groups is 1. The van der Waals surface area contributed by atoms with Crippen LogP contribution in [0.5, 0.6) is 11.5 Å². The lowest BCUT2D eigenvalue weighted by atomic mass is 10.2. The second-order valence-electron chi connectivity index (χ2n) is 4.81. The van der Waals surface area contributed by atoms with Crippen LogP contribution in [-0.2, 0) is 9.53 Å². The third kappa shape index (κ3) is 4.29. The molecule has 1 N–H and O–H groups in total. The number of aliphatic hydroxyl groups excluding tert-OH is 1. The van der Waals surface area contributed by atoms with Gasteiger partial charge in [0, 0.05) is 18.3 Å². The van der Waals surface area contributed by atoms with E-state index in [1.807, 2.05) is 6.92 Å². The number of carbonyl (C=O) groups is 1. The van der Waals surface area contributed by atoms with Crippen molar-refractivity contribution in [2.75, 3.05) is 32.8 Å². The summed E-state index contributed by atoms with van der Waals surface area (Å²) >= 11 is 0. The number of amides is 1. The van der Waals surface area contributed by atoms with E-state index in [1.165, 1.54) is 26.2 Å². The molecule has 8 nitrogen and oxygen atoms in total. The first-order valence-corrected chi connectivity index (χ1v) is 7.40. The maximum atomic E-state index is 12.6. The molecule has 0 radical (unpaired) electrons. The van der Waals surface area contributed by atoms with Gasteiger partial charge in [-0.1, -0.05) is 13.3 Å². The quantitative estimate of drug-likeness (QED) is 0.445. The van der Waals surface area contributed by atoms with Crippen molar-refractivity contribution in [2.45, 2.75) is 19.8 Å². The molecule has 8 heteroatoms. The van der Waals surface area contributed by atoms with Crippen LogP contribution in [0.1, 0.15) is 19.8 Å². The van der Waals surface area contributed by atoms with E-state index in [4.69, 9.17) is 14.9 Å². The van der Waals surface area contributed by atoms with Gasteiger partial charge in [-0.2, -0.15) is 0 Å². The van der Waals surface area contributed by atoms with Crippen LogP contribution in [0, 0.1) is 5.39 Å². The van der Waals surface area contributed by atoms with Gasteiger partial charge >= 0.3 is 17.5 Å². The Labute approximate surface area is 140 Å². The van der Waals surface area contributed by atoms with Crippen molar-refractivity contribution in [2.24, 2.45) is 0 Å². The number of rotatable bonds is 8. The molecule has 0 aliphatic carbocycles. The second kappa shape index (κ2) is 9.25. The molecule has 130 valence electrons. The van der Waals surface area contributed by atoms with Gasteiger partial charge < -0.3 is 24.2 Å². The Morgan fingerprint density at radius 3 is 2.42 bits per heavy atom. The summed E-state index contributed by atoms with van der Waals surface area (Å²) in [5.41, 5.74) is -0.0699. The van der Waals surface area contributed by atoms with Gasteiger partial charge in [0.2, 0.25) is 5.39 Å². The van der Waals surface area contributed by atoms with Crippen LogP contribution in [0.15, 0.2) is 29.8 Å². The van der Waals surface area contributed by atoms with E-state index >= 15 is 0 Å². The third-order valence-electron chi connectivity index (χ3n) is 3.36. The van der Waals surface area contributed by atoms with Crippen LogP contribution in [0.25, 0.3) is 4.98 Å². The van der Waals surface area contributed by atoms with Gasteiger partial charge in [-0.05, 0) is 18.6 Å². The van der Waals surface area contributed by atoms with Crippen LogP contribution < -0.4 is 14.4 Å². The lowest BCUT2D eigenvalue weighted by Crippen LogP contribution is -2.33. The molecule has 1 aromatic carbocycles. The summed E-state index contributed by atoms with van der Waals surface area (Å²) in [5.74, 6) is -0.486. The molecule has 0 aliphatic rings. The van der Waals surface area contributed by atoms with E-state index in [-0.39, 0.29) is 0 Å². The predicted octanol–water partition coefficient (Wildman–Crippen LogP) is 3.06. The number of carbonyl (C=O) groups excluding carboxylic acids is 1. The molecule has 0 aliphatic heterocycles. The molecule has 24 heavy (non-hydrogen) atoms. The normalized spacial score (nSPS) is 11.1. The zero-order valence-electron chi connectivity index (χ0n) is 14.3. The summed E-state index contributed by atoms with van der Waals surface area (Å²) in [6.45, 7) is 2.35. The topological polar surface area (TPSA) is 96.4 Å². The van der Waals surface area contributed by atoms with Crippen molar-refractivity contribution in [1.82, 2.24) is 0 Å². The number of anilines is 1. The number of benzene rings is 1. The van der Waals surface area contributed by atoms with Gasteiger partial charge in [0.1, 0.15) is 0 Å². The maximum Gasteiger partial charge on any atom is 0.527 e. The molecule has 1 amide bonds. The SMILES string of the molecule is CCCCN(C(=O)/C([N+]#N)=C(/O)OC)c1ccc(OC)c(OC)c1. The van der Waals surface area contributed by atoms with Crippen molar-refractivity contribution in [3.8, 4) is 11.5 Å². The van der Waals surface area contributed by atoms with Crippen molar-refractivity contribution in [3.05, 3.63) is 34.8 Å². The number of aliphatic hydroxyl groups is 1. The number of unbranched alkanes of at least 4 members (excludes halogenated alkanes) is 1. The first-order valence-electron chi connectivity index (χ1n) is 7.40. The highest BCUT2D eigenvalue weighted by molar-refractivity contribution is 6.07. The molecule has 1 rings (SSSR count). The van der Waals surface area contributed by atoms with Crippen LogP contribution in [0.2, 0.25) is 0 Å². The molecule has 0 heterocycles.